The molecule has 0 spiro atoms. The van der Waals surface area contributed by atoms with Crippen molar-refractivity contribution in [2.24, 2.45) is 5.10 Å². The van der Waals surface area contributed by atoms with Crippen molar-refractivity contribution in [3.63, 3.8) is 0 Å². The predicted octanol–water partition coefficient (Wildman–Crippen LogP) is 3.15. The topological polar surface area (TPSA) is 87.4 Å². The van der Waals surface area contributed by atoms with Crippen LogP contribution in [0.4, 0.5) is 0 Å². The summed E-state index contributed by atoms with van der Waals surface area (Å²) in [6, 6.07) is 20.4. The number of carbonyl (C=O) groups is 1. The Labute approximate surface area is 156 Å². The molecule has 0 aliphatic heterocycles. The van der Waals surface area contributed by atoms with Gasteiger partial charge in [0.25, 0.3) is 5.91 Å². The van der Waals surface area contributed by atoms with E-state index in [0.29, 0.717) is 11.3 Å². The Hall–Kier alpha value is -3.98. The quantitative estimate of drug-likeness (QED) is 0.543. The van der Waals surface area contributed by atoms with Crippen molar-refractivity contribution in [1.82, 2.24) is 10.4 Å². The van der Waals surface area contributed by atoms with Gasteiger partial charge in [0.15, 0.2) is 6.61 Å². The number of aromatic nitrogens is 1. The van der Waals surface area contributed by atoms with Crippen molar-refractivity contribution in [3.8, 4) is 22.9 Å². The van der Waals surface area contributed by atoms with Crippen LogP contribution < -0.4 is 10.2 Å². The Bertz CT molecular complexity index is 960. The van der Waals surface area contributed by atoms with E-state index in [9.17, 15) is 4.79 Å². The summed E-state index contributed by atoms with van der Waals surface area (Å²) in [6.45, 7) is -0.138. The van der Waals surface area contributed by atoms with Gasteiger partial charge in [-0.05, 0) is 41.5 Å². The third-order valence-corrected chi connectivity index (χ3v) is 3.66. The number of nitrogens with one attached hydrogen (secondary N) is 1. The number of amides is 1. The lowest BCUT2D eigenvalue weighted by Gasteiger charge is -2.07. The smallest absolute Gasteiger partial charge is 0.277 e. The zero-order valence-electron chi connectivity index (χ0n) is 14.4. The molecular weight excluding hydrogens is 340 g/mol. The third kappa shape index (κ3) is 5.25. The van der Waals surface area contributed by atoms with E-state index < -0.39 is 0 Å². The standard InChI is InChI=1S/C21H16N4O2/c22-12-16-3-5-18(6-4-16)19-7-9-20(10-8-19)27-15-21(26)25-24-14-17-2-1-11-23-13-17/h1-11,13-14H,15H2,(H,25,26)/b24-14+. The van der Waals surface area contributed by atoms with E-state index in [4.69, 9.17) is 10.00 Å². The fourth-order valence-corrected chi connectivity index (χ4v) is 2.29. The Morgan fingerprint density at radius 2 is 1.81 bits per heavy atom. The summed E-state index contributed by atoms with van der Waals surface area (Å²) >= 11 is 0. The Morgan fingerprint density at radius 3 is 2.44 bits per heavy atom. The first-order valence-electron chi connectivity index (χ1n) is 8.20. The number of nitrogens with zero attached hydrogens (tertiary/aromatic N) is 3. The second kappa shape index (κ2) is 8.92. The average molecular weight is 356 g/mol. The molecule has 2 aromatic carbocycles. The molecule has 0 radical (unpaired) electrons. The first-order chi connectivity index (χ1) is 13.2. The molecule has 3 aromatic rings. The van der Waals surface area contributed by atoms with E-state index in [-0.39, 0.29) is 12.5 Å². The van der Waals surface area contributed by atoms with Gasteiger partial charge < -0.3 is 4.74 Å². The van der Waals surface area contributed by atoms with E-state index in [1.807, 2.05) is 30.3 Å². The first kappa shape index (κ1) is 17.8. The monoisotopic (exact) mass is 356 g/mol. The molecule has 3 rings (SSSR count). The molecule has 6 nitrogen and oxygen atoms in total. The van der Waals surface area contributed by atoms with Gasteiger partial charge in [-0.2, -0.15) is 10.4 Å². The molecule has 132 valence electrons. The van der Waals surface area contributed by atoms with Gasteiger partial charge in [0.2, 0.25) is 0 Å². The minimum absolute atomic E-state index is 0.138. The molecule has 0 saturated heterocycles. The number of hydrazone groups is 1. The Kier molecular flexibility index (Phi) is 5.89. The van der Waals surface area contributed by atoms with Gasteiger partial charge in [0.05, 0.1) is 17.8 Å². The lowest BCUT2D eigenvalue weighted by atomic mass is 10.0. The molecule has 0 bridgehead atoms. The van der Waals surface area contributed by atoms with Gasteiger partial charge in [-0.1, -0.05) is 30.3 Å². The molecule has 6 heteroatoms. The number of pyridine rings is 1. The van der Waals surface area contributed by atoms with Gasteiger partial charge in [-0.3, -0.25) is 9.78 Å². The van der Waals surface area contributed by atoms with Crippen LogP contribution in [0.15, 0.2) is 78.2 Å². The summed E-state index contributed by atoms with van der Waals surface area (Å²) in [6.07, 6.45) is 4.81. The molecule has 0 unspecified atom stereocenters. The average Bonchev–Trinajstić information content (AvgIpc) is 2.73. The Morgan fingerprint density at radius 1 is 1.11 bits per heavy atom. The SMILES string of the molecule is N#Cc1ccc(-c2ccc(OCC(=O)N/N=C/c3cccnc3)cc2)cc1. The number of hydrogen-bond donors (Lipinski definition) is 1. The van der Waals surface area contributed by atoms with E-state index in [1.54, 1.807) is 42.7 Å². The van der Waals surface area contributed by atoms with Gasteiger partial charge in [-0.15, -0.1) is 0 Å². The second-order valence-electron chi connectivity index (χ2n) is 5.58. The summed E-state index contributed by atoms with van der Waals surface area (Å²) < 4.78 is 5.46. The second-order valence-corrected chi connectivity index (χ2v) is 5.58. The maximum absolute atomic E-state index is 11.8. The fourth-order valence-electron chi connectivity index (χ4n) is 2.29. The molecule has 1 amide bonds. The van der Waals surface area contributed by atoms with Crippen LogP contribution in [-0.4, -0.2) is 23.7 Å². The lowest BCUT2D eigenvalue weighted by molar-refractivity contribution is -0.123. The zero-order chi connectivity index (χ0) is 18.9. The van der Waals surface area contributed by atoms with E-state index in [2.05, 4.69) is 21.6 Å². The number of rotatable bonds is 6. The largest absolute Gasteiger partial charge is 0.484 e. The van der Waals surface area contributed by atoms with Crippen molar-refractivity contribution < 1.29 is 9.53 Å². The van der Waals surface area contributed by atoms with Crippen molar-refractivity contribution in [2.75, 3.05) is 6.61 Å². The molecule has 0 saturated carbocycles. The van der Waals surface area contributed by atoms with Crippen LogP contribution in [0, 0.1) is 11.3 Å². The summed E-state index contributed by atoms with van der Waals surface area (Å²) in [7, 11) is 0. The summed E-state index contributed by atoms with van der Waals surface area (Å²) in [5, 5.41) is 12.7. The highest BCUT2D eigenvalue weighted by atomic mass is 16.5. The maximum Gasteiger partial charge on any atom is 0.277 e. The van der Waals surface area contributed by atoms with Crippen LogP contribution in [0.1, 0.15) is 11.1 Å². The number of carbonyl (C=O) groups excluding carboxylic acids is 1. The van der Waals surface area contributed by atoms with Crippen LogP contribution >= 0.6 is 0 Å². The summed E-state index contributed by atoms with van der Waals surface area (Å²) in [4.78, 5) is 15.7. The van der Waals surface area contributed by atoms with Crippen LogP contribution in [0.3, 0.4) is 0 Å². The van der Waals surface area contributed by atoms with Crippen LogP contribution in [0.25, 0.3) is 11.1 Å². The van der Waals surface area contributed by atoms with E-state index >= 15 is 0 Å². The first-order valence-corrected chi connectivity index (χ1v) is 8.20. The highest BCUT2D eigenvalue weighted by Crippen LogP contribution is 2.22. The van der Waals surface area contributed by atoms with E-state index in [0.717, 1.165) is 16.7 Å². The maximum atomic E-state index is 11.8. The molecule has 0 atom stereocenters. The normalized spacial score (nSPS) is 10.3. The highest BCUT2D eigenvalue weighted by molar-refractivity contribution is 5.82. The van der Waals surface area contributed by atoms with Crippen LogP contribution in [0.2, 0.25) is 0 Å². The molecule has 0 aliphatic rings. The summed E-state index contributed by atoms with van der Waals surface area (Å²) in [5.41, 5.74) is 5.81. The number of benzene rings is 2. The Balaban J connectivity index is 1.50. The van der Waals surface area contributed by atoms with Gasteiger partial charge >= 0.3 is 0 Å². The van der Waals surface area contributed by atoms with Crippen molar-refractivity contribution in [2.45, 2.75) is 0 Å². The minimum Gasteiger partial charge on any atom is -0.484 e. The summed E-state index contributed by atoms with van der Waals surface area (Å²) in [5.74, 6) is 0.227. The fraction of sp³-hybridized carbons (Fsp3) is 0.0476. The third-order valence-electron chi connectivity index (χ3n) is 3.66. The van der Waals surface area contributed by atoms with Crippen LogP contribution in [0.5, 0.6) is 5.75 Å². The number of nitriles is 1. The van der Waals surface area contributed by atoms with Crippen molar-refractivity contribution >= 4 is 12.1 Å². The van der Waals surface area contributed by atoms with Gasteiger partial charge in [0, 0.05) is 18.0 Å². The van der Waals surface area contributed by atoms with Crippen LogP contribution in [-0.2, 0) is 4.79 Å². The number of ether oxygens (including phenoxy) is 1. The minimum atomic E-state index is -0.355. The molecular formula is C21H16N4O2. The molecule has 0 aliphatic carbocycles. The zero-order valence-corrected chi connectivity index (χ0v) is 14.4. The molecule has 1 aromatic heterocycles. The predicted molar refractivity (Wildman–Crippen MR) is 102 cm³/mol. The van der Waals surface area contributed by atoms with Gasteiger partial charge in [0.1, 0.15) is 5.75 Å². The van der Waals surface area contributed by atoms with Crippen molar-refractivity contribution in [3.05, 3.63) is 84.2 Å². The highest BCUT2D eigenvalue weighted by Gasteiger charge is 2.03. The number of hydrogen-bond acceptors (Lipinski definition) is 5. The lowest BCUT2D eigenvalue weighted by Crippen LogP contribution is -2.24. The molecule has 0 fully saturated rings. The molecule has 1 N–H and O–H groups in total. The van der Waals surface area contributed by atoms with Gasteiger partial charge in [-0.25, -0.2) is 5.43 Å². The molecule has 27 heavy (non-hydrogen) atoms. The van der Waals surface area contributed by atoms with E-state index in [1.165, 1.54) is 6.21 Å². The molecule has 1 heterocycles. The van der Waals surface area contributed by atoms with Crippen molar-refractivity contribution in [1.29, 1.82) is 5.26 Å².